The van der Waals surface area contributed by atoms with E-state index in [1.54, 1.807) is 0 Å². The van der Waals surface area contributed by atoms with E-state index in [0.29, 0.717) is 17.9 Å². The average molecular weight is 380 g/mol. The minimum absolute atomic E-state index is 0.330. The molecule has 1 heterocycles. The van der Waals surface area contributed by atoms with Gasteiger partial charge in [0.1, 0.15) is 0 Å². The molecule has 6 heteroatoms. The summed E-state index contributed by atoms with van der Waals surface area (Å²) in [6, 6.07) is 0.453. The first-order valence-corrected chi connectivity index (χ1v) is 11.1. The second-order valence-electron chi connectivity index (χ2n) is 8.19. The van der Waals surface area contributed by atoms with Crippen LogP contribution in [0.1, 0.15) is 65.2 Å². The standard InChI is InChI=1S/C21H41N5O/c1-4-5-6-7-9-18(2)24-21(22-3)23-12-13-25-14-16-26(17-15-25)20(27)19-10-8-11-19/h18-19H,4-17H2,1-3H3,(H2,22,23,24). The van der Waals surface area contributed by atoms with Crippen molar-refractivity contribution >= 4 is 11.9 Å². The maximum atomic E-state index is 12.3. The molecule has 1 atom stereocenters. The van der Waals surface area contributed by atoms with Crippen LogP contribution in [0.2, 0.25) is 0 Å². The zero-order valence-corrected chi connectivity index (χ0v) is 17.8. The highest BCUT2D eigenvalue weighted by Crippen LogP contribution is 2.28. The van der Waals surface area contributed by atoms with Crippen molar-refractivity contribution in [2.45, 2.75) is 71.3 Å². The van der Waals surface area contributed by atoms with Crippen LogP contribution in [-0.4, -0.2) is 74.0 Å². The lowest BCUT2D eigenvalue weighted by Gasteiger charge is -2.38. The molecule has 1 saturated heterocycles. The van der Waals surface area contributed by atoms with Crippen molar-refractivity contribution in [2.24, 2.45) is 10.9 Å². The van der Waals surface area contributed by atoms with Crippen molar-refractivity contribution in [3.05, 3.63) is 0 Å². The fourth-order valence-electron chi connectivity index (χ4n) is 3.82. The van der Waals surface area contributed by atoms with Crippen LogP contribution in [0.5, 0.6) is 0 Å². The van der Waals surface area contributed by atoms with Gasteiger partial charge < -0.3 is 15.5 Å². The minimum atomic E-state index is 0.330. The Balaban J connectivity index is 1.56. The van der Waals surface area contributed by atoms with Crippen LogP contribution in [0.3, 0.4) is 0 Å². The summed E-state index contributed by atoms with van der Waals surface area (Å²) in [5, 5.41) is 6.93. The van der Waals surface area contributed by atoms with Gasteiger partial charge in [-0.25, -0.2) is 0 Å². The molecule has 27 heavy (non-hydrogen) atoms. The lowest BCUT2D eigenvalue weighted by Crippen LogP contribution is -2.52. The van der Waals surface area contributed by atoms with Crippen molar-refractivity contribution in [1.29, 1.82) is 0 Å². The van der Waals surface area contributed by atoms with Crippen LogP contribution in [0.15, 0.2) is 4.99 Å². The van der Waals surface area contributed by atoms with Crippen molar-refractivity contribution in [2.75, 3.05) is 46.3 Å². The van der Waals surface area contributed by atoms with Gasteiger partial charge in [0.2, 0.25) is 5.91 Å². The number of amides is 1. The third kappa shape index (κ3) is 7.68. The lowest BCUT2D eigenvalue weighted by atomic mass is 9.84. The second kappa shape index (κ2) is 12.2. The van der Waals surface area contributed by atoms with Gasteiger partial charge in [-0.3, -0.25) is 14.7 Å². The normalized spacial score (nSPS) is 20.3. The molecule has 0 radical (unpaired) electrons. The lowest BCUT2D eigenvalue weighted by molar-refractivity contribution is -0.139. The van der Waals surface area contributed by atoms with E-state index >= 15 is 0 Å². The van der Waals surface area contributed by atoms with Gasteiger partial charge in [0.05, 0.1) is 0 Å². The summed E-state index contributed by atoms with van der Waals surface area (Å²) in [4.78, 5) is 21.2. The molecule has 1 saturated carbocycles. The van der Waals surface area contributed by atoms with E-state index in [0.717, 1.165) is 58.1 Å². The quantitative estimate of drug-likeness (QED) is 0.348. The average Bonchev–Trinajstić information content (AvgIpc) is 2.63. The van der Waals surface area contributed by atoms with Crippen molar-refractivity contribution in [3.63, 3.8) is 0 Å². The molecule has 0 spiro atoms. The number of guanidine groups is 1. The minimum Gasteiger partial charge on any atom is -0.355 e. The first-order chi connectivity index (χ1) is 13.1. The van der Waals surface area contributed by atoms with Crippen LogP contribution < -0.4 is 10.6 Å². The summed E-state index contributed by atoms with van der Waals surface area (Å²) >= 11 is 0. The topological polar surface area (TPSA) is 60.0 Å². The molecule has 1 amide bonds. The largest absolute Gasteiger partial charge is 0.355 e. The summed E-state index contributed by atoms with van der Waals surface area (Å²) in [5.41, 5.74) is 0. The van der Waals surface area contributed by atoms with Crippen LogP contribution in [0.25, 0.3) is 0 Å². The Morgan fingerprint density at radius 1 is 1.15 bits per heavy atom. The van der Waals surface area contributed by atoms with Gasteiger partial charge >= 0.3 is 0 Å². The molecule has 1 aliphatic carbocycles. The predicted octanol–water partition coefficient (Wildman–Crippen LogP) is 2.45. The zero-order chi connectivity index (χ0) is 19.5. The van der Waals surface area contributed by atoms with Crippen LogP contribution in [-0.2, 0) is 4.79 Å². The van der Waals surface area contributed by atoms with E-state index in [9.17, 15) is 4.79 Å². The Hall–Kier alpha value is -1.30. The Kier molecular flexibility index (Phi) is 9.95. The highest BCUT2D eigenvalue weighted by atomic mass is 16.2. The predicted molar refractivity (Wildman–Crippen MR) is 113 cm³/mol. The number of aliphatic imine (C=N–C) groups is 1. The zero-order valence-electron chi connectivity index (χ0n) is 17.8. The van der Waals surface area contributed by atoms with Gasteiger partial charge in [-0.2, -0.15) is 0 Å². The fraction of sp³-hybridized carbons (Fsp3) is 0.905. The summed E-state index contributed by atoms with van der Waals surface area (Å²) in [6.45, 7) is 10.1. The molecule has 0 aromatic rings. The molecule has 6 nitrogen and oxygen atoms in total. The third-order valence-corrected chi connectivity index (χ3v) is 5.96. The molecule has 0 aromatic heterocycles. The molecule has 2 rings (SSSR count). The number of carbonyl (C=O) groups is 1. The molecular formula is C21H41N5O. The van der Waals surface area contributed by atoms with E-state index in [1.807, 2.05) is 7.05 Å². The molecule has 2 N–H and O–H groups in total. The number of carbonyl (C=O) groups excluding carboxylic acids is 1. The Labute approximate surface area is 166 Å². The van der Waals surface area contributed by atoms with Crippen molar-refractivity contribution < 1.29 is 4.79 Å². The molecule has 2 aliphatic rings. The molecule has 156 valence electrons. The summed E-state index contributed by atoms with van der Waals surface area (Å²) < 4.78 is 0. The summed E-state index contributed by atoms with van der Waals surface area (Å²) in [5.74, 6) is 1.63. The van der Waals surface area contributed by atoms with Crippen LogP contribution in [0.4, 0.5) is 0 Å². The van der Waals surface area contributed by atoms with E-state index < -0.39 is 0 Å². The first kappa shape index (κ1) is 22.0. The van der Waals surface area contributed by atoms with Crippen molar-refractivity contribution in [3.8, 4) is 0 Å². The second-order valence-corrected chi connectivity index (χ2v) is 8.19. The van der Waals surface area contributed by atoms with E-state index in [-0.39, 0.29) is 0 Å². The van der Waals surface area contributed by atoms with Gasteiger partial charge in [-0.15, -0.1) is 0 Å². The number of hydrogen-bond acceptors (Lipinski definition) is 3. The Bertz CT molecular complexity index is 455. The van der Waals surface area contributed by atoms with Crippen LogP contribution in [0, 0.1) is 5.92 Å². The molecule has 1 unspecified atom stereocenters. The molecule has 0 bridgehead atoms. The number of piperazine rings is 1. The molecule has 1 aliphatic heterocycles. The van der Waals surface area contributed by atoms with E-state index in [2.05, 4.69) is 39.3 Å². The third-order valence-electron chi connectivity index (χ3n) is 5.96. The maximum Gasteiger partial charge on any atom is 0.225 e. The van der Waals surface area contributed by atoms with Crippen molar-refractivity contribution in [1.82, 2.24) is 20.4 Å². The number of unbranched alkanes of at least 4 members (excludes halogenated alkanes) is 3. The SMILES string of the molecule is CCCCCCC(C)NC(=NC)NCCN1CCN(C(=O)C2CCC2)CC1. The van der Waals surface area contributed by atoms with E-state index in [1.165, 1.54) is 38.5 Å². The highest BCUT2D eigenvalue weighted by molar-refractivity contribution is 5.80. The van der Waals surface area contributed by atoms with Gasteiger partial charge in [-0.05, 0) is 26.2 Å². The summed E-state index contributed by atoms with van der Waals surface area (Å²) in [7, 11) is 1.84. The first-order valence-electron chi connectivity index (χ1n) is 11.1. The smallest absolute Gasteiger partial charge is 0.225 e. The molecule has 0 aromatic carbocycles. The Morgan fingerprint density at radius 3 is 2.48 bits per heavy atom. The van der Waals surface area contributed by atoms with Crippen LogP contribution >= 0.6 is 0 Å². The summed E-state index contributed by atoms with van der Waals surface area (Å²) in [6.07, 6.45) is 9.85. The number of nitrogens with zero attached hydrogens (tertiary/aromatic N) is 3. The number of hydrogen-bond donors (Lipinski definition) is 2. The molecular weight excluding hydrogens is 338 g/mol. The van der Waals surface area contributed by atoms with Gasteiger partial charge in [-0.1, -0.05) is 39.0 Å². The highest BCUT2D eigenvalue weighted by Gasteiger charge is 2.30. The number of nitrogens with one attached hydrogen (secondary N) is 2. The monoisotopic (exact) mass is 379 g/mol. The van der Waals surface area contributed by atoms with Gasteiger partial charge in [0.25, 0.3) is 0 Å². The fourth-order valence-corrected chi connectivity index (χ4v) is 3.82. The van der Waals surface area contributed by atoms with Gasteiger partial charge in [0.15, 0.2) is 5.96 Å². The Morgan fingerprint density at radius 2 is 1.89 bits per heavy atom. The maximum absolute atomic E-state index is 12.3. The molecule has 2 fully saturated rings. The van der Waals surface area contributed by atoms with E-state index in [4.69, 9.17) is 0 Å². The van der Waals surface area contributed by atoms with Gasteiger partial charge in [0, 0.05) is 58.3 Å². The number of rotatable bonds is 10.